The van der Waals surface area contributed by atoms with Gasteiger partial charge in [-0.2, -0.15) is 0 Å². The zero-order chi connectivity index (χ0) is 18.1. The molecule has 0 aliphatic carbocycles. The highest BCUT2D eigenvalue weighted by molar-refractivity contribution is 5.80. The lowest BCUT2D eigenvalue weighted by Crippen LogP contribution is -2.37. The molecule has 25 heavy (non-hydrogen) atoms. The van der Waals surface area contributed by atoms with Crippen LogP contribution in [0.3, 0.4) is 0 Å². The first kappa shape index (κ1) is 18.8. The quantitative estimate of drug-likeness (QED) is 0.704. The number of amides is 1. The number of benzene rings is 2. The normalized spacial score (nSPS) is 11.6. The highest BCUT2D eigenvalue weighted by Gasteiger charge is 2.14. The van der Waals surface area contributed by atoms with E-state index in [-0.39, 0.29) is 5.91 Å². The van der Waals surface area contributed by atoms with Crippen molar-refractivity contribution in [3.8, 4) is 11.5 Å². The van der Waals surface area contributed by atoms with Crippen molar-refractivity contribution in [2.24, 2.45) is 0 Å². The van der Waals surface area contributed by atoms with Gasteiger partial charge >= 0.3 is 0 Å². The van der Waals surface area contributed by atoms with Gasteiger partial charge in [-0.1, -0.05) is 36.4 Å². The highest BCUT2D eigenvalue weighted by atomic mass is 16.5. The van der Waals surface area contributed by atoms with Crippen molar-refractivity contribution in [1.82, 2.24) is 5.32 Å². The van der Waals surface area contributed by atoms with Crippen LogP contribution in [0.25, 0.3) is 0 Å². The number of hydrogen-bond acceptors (Lipinski definition) is 3. The third kappa shape index (κ3) is 5.82. The van der Waals surface area contributed by atoms with Crippen LogP contribution in [0.5, 0.6) is 11.5 Å². The summed E-state index contributed by atoms with van der Waals surface area (Å²) in [7, 11) is 0. The molecule has 0 radical (unpaired) electrons. The zero-order valence-electron chi connectivity index (χ0n) is 15.2. The van der Waals surface area contributed by atoms with Gasteiger partial charge in [0.1, 0.15) is 11.5 Å². The van der Waals surface area contributed by atoms with Crippen LogP contribution in [-0.4, -0.2) is 25.2 Å². The van der Waals surface area contributed by atoms with E-state index in [0.717, 1.165) is 29.9 Å². The van der Waals surface area contributed by atoms with E-state index in [1.54, 1.807) is 6.92 Å². The van der Waals surface area contributed by atoms with Gasteiger partial charge in [0.05, 0.1) is 6.61 Å². The van der Waals surface area contributed by atoms with Gasteiger partial charge < -0.3 is 14.8 Å². The molecule has 0 saturated heterocycles. The smallest absolute Gasteiger partial charge is 0.260 e. The topological polar surface area (TPSA) is 47.6 Å². The predicted octanol–water partition coefficient (Wildman–Crippen LogP) is 3.91. The minimum Gasteiger partial charge on any atom is -0.494 e. The highest BCUT2D eigenvalue weighted by Crippen LogP contribution is 2.19. The van der Waals surface area contributed by atoms with E-state index >= 15 is 0 Å². The van der Waals surface area contributed by atoms with Crippen molar-refractivity contribution in [2.75, 3.05) is 13.2 Å². The summed E-state index contributed by atoms with van der Waals surface area (Å²) in [5.41, 5.74) is 2.19. The standard InChI is InChI=1S/C21H27NO3/c1-4-24-20-14-8-6-11-18(20)12-9-15-22-21(23)17(3)25-19-13-7-5-10-16(19)2/h5-8,10-11,13-14,17H,4,9,12,15H2,1-3H3,(H,22,23)/t17-/m0/s1. The largest absolute Gasteiger partial charge is 0.494 e. The van der Waals surface area contributed by atoms with E-state index in [1.807, 2.05) is 56.3 Å². The predicted molar refractivity (Wildman–Crippen MR) is 100 cm³/mol. The zero-order valence-corrected chi connectivity index (χ0v) is 15.2. The van der Waals surface area contributed by atoms with Crippen LogP contribution in [0.1, 0.15) is 31.4 Å². The van der Waals surface area contributed by atoms with E-state index in [2.05, 4.69) is 11.4 Å². The molecule has 4 nitrogen and oxygen atoms in total. The van der Waals surface area contributed by atoms with E-state index in [1.165, 1.54) is 5.56 Å². The van der Waals surface area contributed by atoms with Gasteiger partial charge in [-0.3, -0.25) is 4.79 Å². The number of aryl methyl sites for hydroxylation is 2. The molecule has 134 valence electrons. The maximum Gasteiger partial charge on any atom is 0.260 e. The van der Waals surface area contributed by atoms with Crippen molar-refractivity contribution in [3.63, 3.8) is 0 Å². The first-order valence-electron chi connectivity index (χ1n) is 8.82. The molecule has 0 fully saturated rings. The van der Waals surface area contributed by atoms with Crippen LogP contribution >= 0.6 is 0 Å². The van der Waals surface area contributed by atoms with Gasteiger partial charge in [0, 0.05) is 6.54 Å². The first-order chi connectivity index (χ1) is 12.1. The molecule has 0 aromatic heterocycles. The van der Waals surface area contributed by atoms with Crippen LogP contribution in [0.2, 0.25) is 0 Å². The summed E-state index contributed by atoms with van der Waals surface area (Å²) in [6.07, 6.45) is 1.20. The van der Waals surface area contributed by atoms with Crippen LogP contribution in [0.4, 0.5) is 0 Å². The molecular weight excluding hydrogens is 314 g/mol. The van der Waals surface area contributed by atoms with Crippen molar-refractivity contribution < 1.29 is 14.3 Å². The number of rotatable bonds is 9. The molecule has 2 aromatic rings. The summed E-state index contributed by atoms with van der Waals surface area (Å²) in [5.74, 6) is 1.57. The second kappa shape index (κ2) is 9.72. The van der Waals surface area contributed by atoms with Crippen molar-refractivity contribution in [2.45, 2.75) is 39.7 Å². The molecule has 2 rings (SSSR count). The second-order valence-electron chi connectivity index (χ2n) is 5.96. The third-order valence-electron chi connectivity index (χ3n) is 3.96. The fourth-order valence-corrected chi connectivity index (χ4v) is 2.57. The van der Waals surface area contributed by atoms with Gasteiger partial charge in [-0.15, -0.1) is 0 Å². The molecule has 0 bridgehead atoms. The fourth-order valence-electron chi connectivity index (χ4n) is 2.57. The molecule has 0 heterocycles. The molecule has 1 atom stereocenters. The number of carbonyl (C=O) groups excluding carboxylic acids is 1. The molecule has 1 amide bonds. The van der Waals surface area contributed by atoms with Crippen LogP contribution in [-0.2, 0) is 11.2 Å². The number of ether oxygens (including phenoxy) is 2. The lowest BCUT2D eigenvalue weighted by atomic mass is 10.1. The maximum absolute atomic E-state index is 12.2. The average Bonchev–Trinajstić information content (AvgIpc) is 2.62. The summed E-state index contributed by atoms with van der Waals surface area (Å²) >= 11 is 0. The molecule has 0 saturated carbocycles. The van der Waals surface area contributed by atoms with E-state index in [9.17, 15) is 4.79 Å². The minimum absolute atomic E-state index is 0.0960. The summed E-state index contributed by atoms with van der Waals surface area (Å²) < 4.78 is 11.4. The minimum atomic E-state index is -0.517. The fraction of sp³-hybridized carbons (Fsp3) is 0.381. The summed E-state index contributed by atoms with van der Waals surface area (Å²) in [6.45, 7) is 6.98. The molecule has 0 spiro atoms. The molecule has 0 aliphatic heterocycles. The Bertz CT molecular complexity index is 684. The number of para-hydroxylation sites is 2. The third-order valence-corrected chi connectivity index (χ3v) is 3.96. The molecule has 0 aliphatic rings. The second-order valence-corrected chi connectivity index (χ2v) is 5.96. The van der Waals surface area contributed by atoms with Gasteiger partial charge in [-0.05, 0) is 56.9 Å². The Balaban J connectivity index is 1.76. The van der Waals surface area contributed by atoms with Gasteiger partial charge in [0.2, 0.25) is 0 Å². The Morgan fingerprint density at radius 3 is 2.48 bits per heavy atom. The van der Waals surface area contributed by atoms with Crippen molar-refractivity contribution in [3.05, 3.63) is 59.7 Å². The number of carbonyl (C=O) groups is 1. The summed E-state index contributed by atoms with van der Waals surface area (Å²) in [6, 6.07) is 15.7. The Morgan fingerprint density at radius 1 is 1.08 bits per heavy atom. The van der Waals surface area contributed by atoms with E-state index < -0.39 is 6.10 Å². The van der Waals surface area contributed by atoms with Gasteiger partial charge in [0.25, 0.3) is 5.91 Å². The average molecular weight is 341 g/mol. The molecule has 2 aromatic carbocycles. The Morgan fingerprint density at radius 2 is 1.76 bits per heavy atom. The molecule has 0 unspecified atom stereocenters. The van der Waals surface area contributed by atoms with Crippen molar-refractivity contribution >= 4 is 5.91 Å². The SMILES string of the molecule is CCOc1ccccc1CCCNC(=O)[C@H](C)Oc1ccccc1C. The van der Waals surface area contributed by atoms with Crippen LogP contribution < -0.4 is 14.8 Å². The van der Waals surface area contributed by atoms with Crippen LogP contribution in [0, 0.1) is 6.92 Å². The Hall–Kier alpha value is -2.49. The molecular formula is C21H27NO3. The van der Waals surface area contributed by atoms with Crippen molar-refractivity contribution in [1.29, 1.82) is 0 Å². The van der Waals surface area contributed by atoms with E-state index in [0.29, 0.717) is 13.2 Å². The monoisotopic (exact) mass is 341 g/mol. The number of nitrogens with one attached hydrogen (secondary N) is 1. The first-order valence-corrected chi connectivity index (χ1v) is 8.82. The maximum atomic E-state index is 12.2. The molecule has 4 heteroatoms. The number of hydrogen-bond donors (Lipinski definition) is 1. The van der Waals surface area contributed by atoms with Crippen LogP contribution in [0.15, 0.2) is 48.5 Å². The van der Waals surface area contributed by atoms with Gasteiger partial charge in [-0.25, -0.2) is 0 Å². The lowest BCUT2D eigenvalue weighted by molar-refractivity contribution is -0.127. The Labute approximate surface area is 150 Å². The van der Waals surface area contributed by atoms with Gasteiger partial charge in [0.15, 0.2) is 6.10 Å². The lowest BCUT2D eigenvalue weighted by Gasteiger charge is -2.16. The Kier molecular flexibility index (Phi) is 7.33. The summed E-state index contributed by atoms with van der Waals surface area (Å²) in [4.78, 5) is 12.2. The molecule has 1 N–H and O–H groups in total. The summed E-state index contributed by atoms with van der Waals surface area (Å²) in [5, 5.41) is 2.94. The van der Waals surface area contributed by atoms with E-state index in [4.69, 9.17) is 9.47 Å².